The third-order valence-corrected chi connectivity index (χ3v) is 6.20. The van der Waals surface area contributed by atoms with Crippen molar-refractivity contribution in [3.8, 4) is 0 Å². The van der Waals surface area contributed by atoms with Crippen LogP contribution in [-0.4, -0.2) is 34.9 Å². The maximum atomic E-state index is 15.2. The standard InChI is InChI=1S/C20H21F2N3O/c1-12-20(17-4-2-3-7-24-17,13-5-8-25(12)9-6-13)18-15(19(23)26)10-14(21)11-16(18)22/h2-4,7,10-13H,5-6,8-9H2,1H3,(H2,23,26). The van der Waals surface area contributed by atoms with Gasteiger partial charge in [0.2, 0.25) is 5.91 Å². The zero-order chi connectivity index (χ0) is 18.5. The summed E-state index contributed by atoms with van der Waals surface area (Å²) < 4.78 is 29.1. The average Bonchev–Trinajstić information content (AvgIpc) is 2.64. The molecule has 2 bridgehead atoms. The number of primary amides is 1. The summed E-state index contributed by atoms with van der Waals surface area (Å²) in [5.41, 5.74) is 5.50. The number of piperidine rings is 3. The monoisotopic (exact) mass is 357 g/mol. The van der Waals surface area contributed by atoms with Gasteiger partial charge >= 0.3 is 0 Å². The zero-order valence-corrected chi connectivity index (χ0v) is 14.6. The minimum absolute atomic E-state index is 0.0806. The number of carbonyl (C=O) groups is 1. The fraction of sp³-hybridized carbons (Fsp3) is 0.400. The lowest BCUT2D eigenvalue weighted by Crippen LogP contribution is -2.64. The highest BCUT2D eigenvalue weighted by Gasteiger charge is 2.56. The Morgan fingerprint density at radius 2 is 2.00 bits per heavy atom. The number of aromatic nitrogens is 1. The van der Waals surface area contributed by atoms with Crippen LogP contribution in [0.5, 0.6) is 0 Å². The number of fused-ring (bicyclic) bond motifs is 3. The summed E-state index contributed by atoms with van der Waals surface area (Å²) in [4.78, 5) is 18.9. The molecule has 136 valence electrons. The van der Waals surface area contributed by atoms with Crippen LogP contribution in [0.2, 0.25) is 0 Å². The fourth-order valence-electron chi connectivity index (χ4n) is 5.13. The van der Waals surface area contributed by atoms with Crippen molar-refractivity contribution in [2.24, 2.45) is 11.7 Å². The Bertz CT molecular complexity index is 846. The molecule has 1 aromatic carbocycles. The summed E-state index contributed by atoms with van der Waals surface area (Å²) in [7, 11) is 0. The Morgan fingerprint density at radius 1 is 1.27 bits per heavy atom. The minimum Gasteiger partial charge on any atom is -0.366 e. The van der Waals surface area contributed by atoms with Crippen molar-refractivity contribution in [1.82, 2.24) is 9.88 Å². The second kappa shape index (κ2) is 6.13. The van der Waals surface area contributed by atoms with Crippen molar-refractivity contribution in [1.29, 1.82) is 0 Å². The molecular weight excluding hydrogens is 336 g/mol. The predicted octanol–water partition coefficient (Wildman–Crippen LogP) is 2.86. The van der Waals surface area contributed by atoms with E-state index >= 15 is 4.39 Å². The van der Waals surface area contributed by atoms with Crippen LogP contribution in [0.15, 0.2) is 36.5 Å². The predicted molar refractivity (Wildman–Crippen MR) is 93.7 cm³/mol. The number of halogens is 2. The van der Waals surface area contributed by atoms with Gasteiger partial charge in [0.25, 0.3) is 0 Å². The van der Waals surface area contributed by atoms with Crippen LogP contribution in [-0.2, 0) is 5.41 Å². The van der Waals surface area contributed by atoms with E-state index in [-0.39, 0.29) is 23.1 Å². The maximum Gasteiger partial charge on any atom is 0.249 e. The number of hydrogen-bond donors (Lipinski definition) is 1. The summed E-state index contributed by atoms with van der Waals surface area (Å²) in [6.45, 7) is 3.89. The van der Waals surface area contributed by atoms with Gasteiger partial charge in [0.1, 0.15) is 11.6 Å². The third-order valence-electron chi connectivity index (χ3n) is 6.20. The van der Waals surface area contributed by atoms with E-state index in [9.17, 15) is 9.18 Å². The van der Waals surface area contributed by atoms with Gasteiger partial charge in [-0.3, -0.25) is 14.7 Å². The summed E-state index contributed by atoms with van der Waals surface area (Å²) >= 11 is 0. The molecule has 3 saturated heterocycles. The van der Waals surface area contributed by atoms with Gasteiger partial charge in [0, 0.05) is 29.4 Å². The maximum absolute atomic E-state index is 15.2. The molecular formula is C20H21F2N3O. The zero-order valence-electron chi connectivity index (χ0n) is 14.6. The highest BCUT2D eigenvalue weighted by atomic mass is 19.1. The second-order valence-corrected chi connectivity index (χ2v) is 7.24. The number of amides is 1. The molecule has 0 saturated carbocycles. The largest absolute Gasteiger partial charge is 0.366 e. The van der Waals surface area contributed by atoms with Crippen molar-refractivity contribution in [3.63, 3.8) is 0 Å². The van der Waals surface area contributed by atoms with Crippen molar-refractivity contribution in [2.75, 3.05) is 13.1 Å². The van der Waals surface area contributed by atoms with Gasteiger partial charge in [-0.1, -0.05) is 6.07 Å². The first-order valence-corrected chi connectivity index (χ1v) is 8.91. The number of hydrogen-bond acceptors (Lipinski definition) is 3. The van der Waals surface area contributed by atoms with Crippen LogP contribution in [0.4, 0.5) is 8.78 Å². The van der Waals surface area contributed by atoms with Crippen LogP contribution in [0, 0.1) is 17.6 Å². The van der Waals surface area contributed by atoms with E-state index in [1.807, 2.05) is 19.1 Å². The number of pyridine rings is 1. The summed E-state index contributed by atoms with van der Waals surface area (Å²) in [6, 6.07) is 7.35. The lowest BCUT2D eigenvalue weighted by atomic mass is 9.56. The number of benzene rings is 1. The molecule has 2 atom stereocenters. The molecule has 3 aliphatic rings. The summed E-state index contributed by atoms with van der Waals surface area (Å²) in [5, 5.41) is 0. The second-order valence-electron chi connectivity index (χ2n) is 7.24. The molecule has 2 unspecified atom stereocenters. The van der Waals surface area contributed by atoms with Crippen LogP contribution in [0.1, 0.15) is 41.4 Å². The fourth-order valence-corrected chi connectivity index (χ4v) is 5.13. The van der Waals surface area contributed by atoms with Gasteiger partial charge in [0.05, 0.1) is 11.1 Å². The number of nitrogens with zero attached hydrogens (tertiary/aromatic N) is 2. The number of nitrogens with two attached hydrogens (primary N) is 1. The Balaban J connectivity index is 2.08. The van der Waals surface area contributed by atoms with Crippen molar-refractivity contribution in [2.45, 2.75) is 31.2 Å². The molecule has 5 rings (SSSR count). The van der Waals surface area contributed by atoms with Gasteiger partial charge in [0.15, 0.2) is 0 Å². The van der Waals surface area contributed by atoms with Gasteiger partial charge in [-0.05, 0) is 57.0 Å². The molecule has 2 N–H and O–H groups in total. The first kappa shape index (κ1) is 17.1. The highest BCUT2D eigenvalue weighted by molar-refractivity contribution is 5.95. The first-order chi connectivity index (χ1) is 12.5. The van der Waals surface area contributed by atoms with Crippen LogP contribution < -0.4 is 5.73 Å². The van der Waals surface area contributed by atoms with E-state index in [0.29, 0.717) is 5.69 Å². The molecule has 6 heteroatoms. The third kappa shape index (κ3) is 2.28. The Morgan fingerprint density at radius 3 is 2.58 bits per heavy atom. The Labute approximate surface area is 151 Å². The average molecular weight is 357 g/mol. The van der Waals surface area contributed by atoms with Crippen LogP contribution >= 0.6 is 0 Å². The van der Waals surface area contributed by atoms with Gasteiger partial charge < -0.3 is 5.73 Å². The van der Waals surface area contributed by atoms with Crippen LogP contribution in [0.25, 0.3) is 0 Å². The molecule has 4 heterocycles. The normalized spacial score (nSPS) is 30.3. The molecule has 3 fully saturated rings. The lowest BCUT2D eigenvalue weighted by molar-refractivity contribution is -0.0106. The number of carbonyl (C=O) groups excluding carboxylic acids is 1. The molecule has 1 amide bonds. The SMILES string of the molecule is CC1N2CCC(CC2)C1(c1ccccn1)c1c(F)cc(F)cc1C(N)=O. The lowest BCUT2D eigenvalue weighted by Gasteiger charge is -2.58. The first-order valence-electron chi connectivity index (χ1n) is 8.91. The summed E-state index contributed by atoms with van der Waals surface area (Å²) in [5.74, 6) is -2.25. The molecule has 0 radical (unpaired) electrons. The molecule has 0 spiro atoms. The van der Waals surface area contributed by atoms with E-state index in [1.165, 1.54) is 0 Å². The van der Waals surface area contributed by atoms with Crippen molar-refractivity contribution in [3.05, 3.63) is 65.0 Å². The highest BCUT2D eigenvalue weighted by Crippen LogP contribution is 2.53. The topological polar surface area (TPSA) is 59.2 Å². The minimum atomic E-state index is -0.833. The molecule has 4 nitrogen and oxygen atoms in total. The van der Waals surface area contributed by atoms with Gasteiger partial charge in [-0.15, -0.1) is 0 Å². The number of rotatable bonds is 3. The molecule has 26 heavy (non-hydrogen) atoms. The van der Waals surface area contributed by atoms with E-state index < -0.39 is 23.0 Å². The van der Waals surface area contributed by atoms with Crippen molar-refractivity contribution < 1.29 is 13.6 Å². The van der Waals surface area contributed by atoms with E-state index in [2.05, 4.69) is 9.88 Å². The summed E-state index contributed by atoms with van der Waals surface area (Å²) in [6.07, 6.45) is 3.42. The van der Waals surface area contributed by atoms with E-state index in [0.717, 1.165) is 38.1 Å². The smallest absolute Gasteiger partial charge is 0.249 e. The van der Waals surface area contributed by atoms with E-state index in [1.54, 1.807) is 12.3 Å². The van der Waals surface area contributed by atoms with E-state index in [4.69, 9.17) is 5.73 Å². The molecule has 0 aliphatic carbocycles. The van der Waals surface area contributed by atoms with Gasteiger partial charge in [-0.2, -0.15) is 0 Å². The molecule has 1 aromatic heterocycles. The Hall–Kier alpha value is -2.34. The molecule has 2 aromatic rings. The van der Waals surface area contributed by atoms with Crippen molar-refractivity contribution >= 4 is 5.91 Å². The Kier molecular flexibility index (Phi) is 4.03. The van der Waals surface area contributed by atoms with Gasteiger partial charge in [-0.25, -0.2) is 8.78 Å². The molecule has 3 aliphatic heterocycles. The van der Waals surface area contributed by atoms with Crippen LogP contribution in [0.3, 0.4) is 0 Å². The quantitative estimate of drug-likeness (QED) is 0.919.